The highest BCUT2D eigenvalue weighted by Gasteiger charge is 2.34. The fraction of sp³-hybridized carbons (Fsp3) is 1.00. The zero-order valence-electron chi connectivity index (χ0n) is 12.4. The van der Waals surface area contributed by atoms with E-state index in [1.807, 2.05) is 0 Å². The molecule has 0 spiro atoms. The first-order valence-electron chi connectivity index (χ1n) is 7.73. The molecular weight excluding hydrogens is 224 g/mol. The minimum atomic E-state index is 0.316. The van der Waals surface area contributed by atoms with E-state index in [2.05, 4.69) is 31.0 Å². The third-order valence-electron chi connectivity index (χ3n) is 4.92. The molecular formula is C15H30N2O. The van der Waals surface area contributed by atoms with E-state index in [1.54, 1.807) is 0 Å². The predicted octanol–water partition coefficient (Wildman–Crippen LogP) is 2.27. The number of hydrogen-bond acceptors (Lipinski definition) is 3. The van der Waals surface area contributed by atoms with Crippen molar-refractivity contribution in [2.45, 2.75) is 58.0 Å². The average molecular weight is 254 g/mol. The lowest BCUT2D eigenvalue weighted by Crippen LogP contribution is -2.63. The Balaban J connectivity index is 1.93. The molecule has 0 amide bonds. The maximum absolute atomic E-state index is 5.47. The Bertz CT molecular complexity index is 253. The van der Waals surface area contributed by atoms with E-state index in [1.165, 1.54) is 38.8 Å². The van der Waals surface area contributed by atoms with E-state index in [4.69, 9.17) is 4.74 Å². The van der Waals surface area contributed by atoms with Crippen LogP contribution in [0.1, 0.15) is 46.5 Å². The van der Waals surface area contributed by atoms with Gasteiger partial charge < -0.3 is 10.1 Å². The Morgan fingerprint density at radius 2 is 2.00 bits per heavy atom. The van der Waals surface area contributed by atoms with Crippen LogP contribution in [0.25, 0.3) is 0 Å². The molecule has 2 aliphatic heterocycles. The van der Waals surface area contributed by atoms with Gasteiger partial charge >= 0.3 is 0 Å². The van der Waals surface area contributed by atoms with Gasteiger partial charge in [0.1, 0.15) is 0 Å². The number of rotatable bonds is 4. The Morgan fingerprint density at radius 3 is 2.61 bits per heavy atom. The van der Waals surface area contributed by atoms with Gasteiger partial charge in [0.15, 0.2) is 0 Å². The minimum Gasteiger partial charge on any atom is -0.381 e. The number of piperazine rings is 1. The summed E-state index contributed by atoms with van der Waals surface area (Å²) in [6.45, 7) is 12.6. The van der Waals surface area contributed by atoms with Crippen molar-refractivity contribution in [3.63, 3.8) is 0 Å². The molecule has 2 fully saturated rings. The monoisotopic (exact) mass is 254 g/mol. The second kappa shape index (κ2) is 6.36. The van der Waals surface area contributed by atoms with Gasteiger partial charge in [0, 0.05) is 44.4 Å². The molecule has 0 aromatic rings. The van der Waals surface area contributed by atoms with E-state index in [-0.39, 0.29) is 0 Å². The van der Waals surface area contributed by atoms with Gasteiger partial charge in [-0.3, -0.25) is 4.90 Å². The van der Waals surface area contributed by atoms with Crippen molar-refractivity contribution >= 4 is 0 Å². The minimum absolute atomic E-state index is 0.316. The molecule has 0 bridgehead atoms. The molecule has 2 saturated heterocycles. The number of nitrogens with zero attached hydrogens (tertiary/aromatic N) is 1. The normalized spacial score (nSPS) is 35.8. The quantitative estimate of drug-likeness (QED) is 0.833. The number of ether oxygens (including phenoxy) is 1. The highest BCUT2D eigenvalue weighted by atomic mass is 16.5. The van der Waals surface area contributed by atoms with Crippen LogP contribution < -0.4 is 5.32 Å². The van der Waals surface area contributed by atoms with Crippen LogP contribution in [0.3, 0.4) is 0 Å². The summed E-state index contributed by atoms with van der Waals surface area (Å²) in [6, 6.07) is 0.729. The molecule has 2 heterocycles. The highest BCUT2D eigenvalue weighted by molar-refractivity contribution is 4.94. The van der Waals surface area contributed by atoms with Crippen LogP contribution in [-0.4, -0.2) is 49.3 Å². The Labute approximate surface area is 112 Å². The van der Waals surface area contributed by atoms with Gasteiger partial charge in [-0.1, -0.05) is 13.8 Å². The third-order valence-corrected chi connectivity index (χ3v) is 4.92. The van der Waals surface area contributed by atoms with Crippen molar-refractivity contribution in [3.8, 4) is 0 Å². The molecule has 0 aromatic carbocycles. The van der Waals surface area contributed by atoms with Gasteiger partial charge in [-0.15, -0.1) is 0 Å². The van der Waals surface area contributed by atoms with Crippen molar-refractivity contribution in [2.75, 3.05) is 32.8 Å². The van der Waals surface area contributed by atoms with Crippen LogP contribution in [0.2, 0.25) is 0 Å². The van der Waals surface area contributed by atoms with Crippen LogP contribution in [-0.2, 0) is 4.74 Å². The maximum Gasteiger partial charge on any atom is 0.0469 e. The van der Waals surface area contributed by atoms with Crippen molar-refractivity contribution in [2.24, 2.45) is 5.92 Å². The van der Waals surface area contributed by atoms with E-state index in [0.29, 0.717) is 5.54 Å². The van der Waals surface area contributed by atoms with Gasteiger partial charge in [0.05, 0.1) is 0 Å². The highest BCUT2D eigenvalue weighted by Crippen LogP contribution is 2.24. The molecule has 3 nitrogen and oxygen atoms in total. The van der Waals surface area contributed by atoms with Crippen molar-refractivity contribution in [1.29, 1.82) is 0 Å². The molecule has 0 radical (unpaired) electrons. The summed E-state index contributed by atoms with van der Waals surface area (Å²) in [5, 5.41) is 3.75. The second-order valence-electron chi connectivity index (χ2n) is 6.34. The predicted molar refractivity (Wildman–Crippen MR) is 75.9 cm³/mol. The molecule has 2 atom stereocenters. The maximum atomic E-state index is 5.47. The fourth-order valence-corrected chi connectivity index (χ4v) is 3.24. The molecule has 3 heteroatoms. The largest absolute Gasteiger partial charge is 0.381 e. The molecule has 2 unspecified atom stereocenters. The summed E-state index contributed by atoms with van der Waals surface area (Å²) in [5.41, 5.74) is 0.316. The van der Waals surface area contributed by atoms with Crippen LogP contribution in [0.15, 0.2) is 0 Å². The summed E-state index contributed by atoms with van der Waals surface area (Å²) in [4.78, 5) is 2.75. The SMILES string of the molecule is CCC1CNC(C)(CC)CN1CC1CCOCC1. The molecule has 0 aromatic heterocycles. The topological polar surface area (TPSA) is 24.5 Å². The molecule has 0 aliphatic carbocycles. The second-order valence-corrected chi connectivity index (χ2v) is 6.34. The first-order chi connectivity index (χ1) is 8.67. The summed E-state index contributed by atoms with van der Waals surface area (Å²) in [5.74, 6) is 0.854. The van der Waals surface area contributed by atoms with Crippen molar-refractivity contribution in [1.82, 2.24) is 10.2 Å². The summed E-state index contributed by atoms with van der Waals surface area (Å²) in [7, 11) is 0. The molecule has 0 saturated carbocycles. The smallest absolute Gasteiger partial charge is 0.0469 e. The Kier molecular flexibility index (Phi) is 5.05. The summed E-state index contributed by atoms with van der Waals surface area (Å²) >= 11 is 0. The molecule has 106 valence electrons. The lowest BCUT2D eigenvalue weighted by Gasteiger charge is -2.47. The van der Waals surface area contributed by atoms with Gasteiger partial charge in [0.2, 0.25) is 0 Å². The zero-order valence-corrected chi connectivity index (χ0v) is 12.4. The van der Waals surface area contributed by atoms with E-state index < -0.39 is 0 Å². The van der Waals surface area contributed by atoms with Crippen LogP contribution in [0.4, 0.5) is 0 Å². The van der Waals surface area contributed by atoms with E-state index >= 15 is 0 Å². The third kappa shape index (κ3) is 3.46. The lowest BCUT2D eigenvalue weighted by atomic mass is 9.90. The average Bonchev–Trinajstić information content (AvgIpc) is 2.40. The lowest BCUT2D eigenvalue weighted by molar-refractivity contribution is 0.0229. The van der Waals surface area contributed by atoms with E-state index in [0.717, 1.165) is 31.7 Å². The Hall–Kier alpha value is -0.120. The molecule has 1 N–H and O–H groups in total. The van der Waals surface area contributed by atoms with Crippen LogP contribution in [0.5, 0.6) is 0 Å². The molecule has 2 rings (SSSR count). The first kappa shape index (κ1) is 14.3. The van der Waals surface area contributed by atoms with E-state index in [9.17, 15) is 0 Å². The van der Waals surface area contributed by atoms with Crippen molar-refractivity contribution < 1.29 is 4.74 Å². The van der Waals surface area contributed by atoms with Gasteiger partial charge in [0.25, 0.3) is 0 Å². The summed E-state index contributed by atoms with van der Waals surface area (Å²) < 4.78 is 5.47. The zero-order chi connectivity index (χ0) is 13.0. The van der Waals surface area contributed by atoms with Gasteiger partial charge in [-0.2, -0.15) is 0 Å². The molecule has 18 heavy (non-hydrogen) atoms. The Morgan fingerprint density at radius 1 is 1.28 bits per heavy atom. The number of hydrogen-bond donors (Lipinski definition) is 1. The van der Waals surface area contributed by atoms with Gasteiger partial charge in [-0.05, 0) is 38.5 Å². The van der Waals surface area contributed by atoms with Crippen LogP contribution >= 0.6 is 0 Å². The van der Waals surface area contributed by atoms with Crippen molar-refractivity contribution in [3.05, 3.63) is 0 Å². The van der Waals surface area contributed by atoms with Gasteiger partial charge in [-0.25, -0.2) is 0 Å². The first-order valence-corrected chi connectivity index (χ1v) is 7.73. The fourth-order valence-electron chi connectivity index (χ4n) is 3.24. The molecule has 2 aliphatic rings. The number of nitrogens with one attached hydrogen (secondary N) is 1. The standard InChI is InChI=1S/C15H30N2O/c1-4-14-10-16-15(3,5-2)12-17(14)11-13-6-8-18-9-7-13/h13-14,16H,4-12H2,1-3H3. The summed E-state index contributed by atoms with van der Waals surface area (Å²) in [6.07, 6.45) is 4.98. The van der Waals surface area contributed by atoms with Crippen LogP contribution in [0, 0.1) is 5.92 Å².